The third-order valence-electron chi connectivity index (χ3n) is 7.17. The Morgan fingerprint density at radius 1 is 1.03 bits per heavy atom. The van der Waals surface area contributed by atoms with Gasteiger partial charge in [-0.05, 0) is 62.8 Å². The van der Waals surface area contributed by atoms with Crippen LogP contribution in [0.1, 0.15) is 48.9 Å². The summed E-state index contributed by atoms with van der Waals surface area (Å²) in [6.07, 6.45) is 5.92. The van der Waals surface area contributed by atoms with Gasteiger partial charge in [0.05, 0.1) is 17.4 Å². The molecule has 3 amide bonds. The van der Waals surface area contributed by atoms with E-state index in [-0.39, 0.29) is 42.0 Å². The summed E-state index contributed by atoms with van der Waals surface area (Å²) in [6.45, 7) is 1.21. The highest BCUT2D eigenvalue weighted by atomic mass is 19.1. The Bertz CT molecular complexity index is 1010. The van der Waals surface area contributed by atoms with Gasteiger partial charge in [-0.2, -0.15) is 0 Å². The Morgan fingerprint density at radius 2 is 1.76 bits per heavy atom. The van der Waals surface area contributed by atoms with Crippen molar-refractivity contribution in [2.24, 2.45) is 0 Å². The number of nitrogens with zero attached hydrogens (tertiary/aromatic N) is 3. The number of urea groups is 1. The maximum Gasteiger partial charge on any atom is 0.320 e. The first-order valence-electron chi connectivity index (χ1n) is 11.8. The van der Waals surface area contributed by atoms with Crippen LogP contribution in [0.25, 0.3) is 11.3 Å². The van der Waals surface area contributed by atoms with Crippen LogP contribution >= 0.6 is 0 Å². The predicted octanol–water partition coefficient (Wildman–Crippen LogP) is 3.19. The molecule has 0 unspecified atom stereocenters. The van der Waals surface area contributed by atoms with E-state index >= 15 is 0 Å². The molecule has 1 aromatic carbocycles. The lowest BCUT2D eigenvalue weighted by atomic mass is 9.97. The molecule has 5 rings (SSSR count). The molecule has 174 valence electrons. The standard InChI is InChI=1S/C25H29FN4O3/c26-18-3-1-2-16(12-18)23-7-4-17(15-27-23)24(32)28-19-13-20-5-6-21(14-19)30(20)25(33)29-10-8-22(31)9-11-29/h1-4,7,12,15,19-22,31H,5-6,8-11,13-14H2,(H,28,32)/t19-,20-,21+. The summed E-state index contributed by atoms with van der Waals surface area (Å²) in [4.78, 5) is 34.1. The number of amides is 3. The van der Waals surface area contributed by atoms with Gasteiger partial charge < -0.3 is 20.2 Å². The van der Waals surface area contributed by atoms with Crippen LogP contribution in [0, 0.1) is 5.82 Å². The van der Waals surface area contributed by atoms with E-state index in [0.29, 0.717) is 42.8 Å². The number of benzene rings is 1. The fourth-order valence-corrected chi connectivity index (χ4v) is 5.44. The molecule has 0 radical (unpaired) electrons. The van der Waals surface area contributed by atoms with Gasteiger partial charge in [0.25, 0.3) is 5.91 Å². The van der Waals surface area contributed by atoms with E-state index in [1.54, 1.807) is 24.3 Å². The smallest absolute Gasteiger partial charge is 0.320 e. The maximum atomic E-state index is 13.5. The van der Waals surface area contributed by atoms with E-state index in [0.717, 1.165) is 25.7 Å². The SMILES string of the molecule is O=C(N[C@@H]1C[C@H]2CC[C@@H](C1)N2C(=O)N1CCC(O)CC1)c1ccc(-c2cccc(F)c2)nc1. The third-order valence-corrected chi connectivity index (χ3v) is 7.17. The van der Waals surface area contributed by atoms with Crippen molar-refractivity contribution in [1.82, 2.24) is 20.1 Å². The molecular formula is C25H29FN4O3. The molecule has 2 aromatic rings. The Kier molecular flexibility index (Phi) is 6.01. The summed E-state index contributed by atoms with van der Waals surface area (Å²) < 4.78 is 13.5. The van der Waals surface area contributed by atoms with E-state index in [9.17, 15) is 19.1 Å². The molecule has 3 saturated heterocycles. The zero-order valence-corrected chi connectivity index (χ0v) is 18.5. The van der Waals surface area contributed by atoms with Crippen LogP contribution in [0.15, 0.2) is 42.6 Å². The van der Waals surface area contributed by atoms with Crippen molar-refractivity contribution in [2.75, 3.05) is 13.1 Å². The van der Waals surface area contributed by atoms with Crippen LogP contribution in [0.5, 0.6) is 0 Å². The first-order valence-corrected chi connectivity index (χ1v) is 11.8. The van der Waals surface area contributed by atoms with Gasteiger partial charge in [0.15, 0.2) is 0 Å². The quantitative estimate of drug-likeness (QED) is 0.749. The molecule has 0 spiro atoms. The largest absolute Gasteiger partial charge is 0.393 e. The number of nitrogens with one attached hydrogen (secondary N) is 1. The van der Waals surface area contributed by atoms with E-state index in [2.05, 4.69) is 10.3 Å². The minimum Gasteiger partial charge on any atom is -0.393 e. The number of hydrogen-bond donors (Lipinski definition) is 2. The van der Waals surface area contributed by atoms with E-state index in [4.69, 9.17) is 0 Å². The number of aliphatic hydroxyl groups excluding tert-OH is 1. The minimum atomic E-state index is -0.326. The monoisotopic (exact) mass is 452 g/mol. The van der Waals surface area contributed by atoms with Crippen molar-refractivity contribution >= 4 is 11.9 Å². The number of carbonyl (C=O) groups is 2. The number of piperidine rings is 2. The topological polar surface area (TPSA) is 85.8 Å². The molecule has 0 saturated carbocycles. The van der Waals surface area contributed by atoms with Crippen molar-refractivity contribution in [3.05, 3.63) is 54.0 Å². The molecule has 0 aliphatic carbocycles. The fraction of sp³-hybridized carbons (Fsp3) is 0.480. The molecule has 8 heteroatoms. The molecule has 2 bridgehead atoms. The number of aromatic nitrogens is 1. The number of carbonyl (C=O) groups excluding carboxylic acids is 2. The van der Waals surface area contributed by atoms with Gasteiger partial charge in [-0.1, -0.05) is 12.1 Å². The normalized spacial score (nSPS) is 25.2. The Hall–Kier alpha value is -3.00. The van der Waals surface area contributed by atoms with E-state index in [1.165, 1.54) is 18.3 Å². The number of pyridine rings is 1. The van der Waals surface area contributed by atoms with Gasteiger partial charge in [-0.25, -0.2) is 9.18 Å². The number of hydrogen-bond acceptors (Lipinski definition) is 4. The first kappa shape index (κ1) is 21.8. The second kappa shape index (κ2) is 9.09. The fourth-order valence-electron chi connectivity index (χ4n) is 5.44. The third kappa shape index (κ3) is 4.57. The van der Waals surface area contributed by atoms with E-state index < -0.39 is 0 Å². The lowest BCUT2D eigenvalue weighted by molar-refractivity contribution is 0.0623. The first-order chi connectivity index (χ1) is 16.0. The molecule has 33 heavy (non-hydrogen) atoms. The number of rotatable bonds is 3. The number of likely N-dealkylation sites (tertiary alicyclic amines) is 1. The van der Waals surface area contributed by atoms with Crippen LogP contribution in [-0.2, 0) is 0 Å². The average Bonchev–Trinajstić information content (AvgIpc) is 3.09. The van der Waals surface area contributed by atoms with Gasteiger partial charge >= 0.3 is 6.03 Å². The van der Waals surface area contributed by atoms with Gasteiger partial charge in [0.2, 0.25) is 0 Å². The Morgan fingerprint density at radius 3 is 2.39 bits per heavy atom. The predicted molar refractivity (Wildman–Crippen MR) is 121 cm³/mol. The molecule has 1 aromatic heterocycles. The van der Waals surface area contributed by atoms with Gasteiger partial charge in [-0.3, -0.25) is 9.78 Å². The summed E-state index contributed by atoms with van der Waals surface area (Å²) in [7, 11) is 0. The molecule has 7 nitrogen and oxygen atoms in total. The van der Waals surface area contributed by atoms with Crippen molar-refractivity contribution in [1.29, 1.82) is 0 Å². The molecule has 3 fully saturated rings. The lowest BCUT2D eigenvalue weighted by Gasteiger charge is -2.42. The van der Waals surface area contributed by atoms with Gasteiger partial charge in [0, 0.05) is 43.0 Å². The summed E-state index contributed by atoms with van der Waals surface area (Å²) in [5, 5.41) is 12.8. The Labute approximate surface area is 192 Å². The second-order valence-corrected chi connectivity index (χ2v) is 9.38. The van der Waals surface area contributed by atoms with Crippen molar-refractivity contribution in [2.45, 2.75) is 62.8 Å². The molecule has 3 aliphatic rings. The van der Waals surface area contributed by atoms with Crippen LogP contribution in [0.3, 0.4) is 0 Å². The van der Waals surface area contributed by atoms with Gasteiger partial charge in [-0.15, -0.1) is 0 Å². The Balaban J connectivity index is 1.19. The number of fused-ring (bicyclic) bond motifs is 2. The van der Waals surface area contributed by atoms with Crippen LogP contribution in [-0.4, -0.2) is 69.1 Å². The maximum absolute atomic E-state index is 13.5. The molecule has 3 atom stereocenters. The highest BCUT2D eigenvalue weighted by Crippen LogP contribution is 2.37. The zero-order chi connectivity index (χ0) is 22.9. The van der Waals surface area contributed by atoms with Crippen LogP contribution < -0.4 is 5.32 Å². The average molecular weight is 453 g/mol. The zero-order valence-electron chi connectivity index (χ0n) is 18.5. The summed E-state index contributed by atoms with van der Waals surface area (Å²) in [6, 6.07) is 10.0. The highest BCUT2D eigenvalue weighted by Gasteiger charge is 2.45. The minimum absolute atomic E-state index is 0.0186. The van der Waals surface area contributed by atoms with Crippen LogP contribution in [0.2, 0.25) is 0 Å². The second-order valence-electron chi connectivity index (χ2n) is 9.38. The van der Waals surface area contributed by atoms with Gasteiger partial charge in [0.1, 0.15) is 5.82 Å². The summed E-state index contributed by atoms with van der Waals surface area (Å²) in [5.41, 5.74) is 1.74. The molecule has 2 N–H and O–H groups in total. The molecule has 4 heterocycles. The lowest BCUT2D eigenvalue weighted by Crippen LogP contribution is -2.57. The molecular weight excluding hydrogens is 423 g/mol. The van der Waals surface area contributed by atoms with Crippen molar-refractivity contribution in [3.63, 3.8) is 0 Å². The highest BCUT2D eigenvalue weighted by molar-refractivity contribution is 5.94. The summed E-state index contributed by atoms with van der Waals surface area (Å²) >= 11 is 0. The van der Waals surface area contributed by atoms with Crippen molar-refractivity contribution < 1.29 is 19.1 Å². The van der Waals surface area contributed by atoms with Crippen molar-refractivity contribution in [3.8, 4) is 11.3 Å². The summed E-state index contributed by atoms with van der Waals surface area (Å²) in [5.74, 6) is -0.504. The molecule has 3 aliphatic heterocycles. The number of halogens is 1. The van der Waals surface area contributed by atoms with E-state index in [1.807, 2.05) is 9.80 Å². The van der Waals surface area contributed by atoms with Crippen LogP contribution in [0.4, 0.5) is 9.18 Å². The number of aliphatic hydroxyl groups is 1.